The Balaban J connectivity index is 1.40. The maximum absolute atomic E-state index is 6.58. The van der Waals surface area contributed by atoms with Gasteiger partial charge >= 0.3 is 0 Å². The molecule has 168 valence electrons. The van der Waals surface area contributed by atoms with E-state index in [0.29, 0.717) is 12.0 Å². The molecular formula is C27H37ClN2O. The summed E-state index contributed by atoms with van der Waals surface area (Å²) >= 11 is 6.58. The minimum atomic E-state index is 0.273. The van der Waals surface area contributed by atoms with E-state index in [1.807, 2.05) is 12.1 Å². The van der Waals surface area contributed by atoms with Crippen LogP contribution in [0.4, 0.5) is 5.69 Å². The van der Waals surface area contributed by atoms with E-state index < -0.39 is 0 Å². The van der Waals surface area contributed by atoms with Crippen LogP contribution >= 0.6 is 11.6 Å². The third-order valence-electron chi connectivity index (χ3n) is 7.32. The third-order valence-corrected chi connectivity index (χ3v) is 7.69. The molecule has 2 aliphatic heterocycles. The van der Waals surface area contributed by atoms with Crippen LogP contribution in [0.25, 0.3) is 0 Å². The number of halogens is 1. The second-order valence-corrected chi connectivity index (χ2v) is 10.2. The van der Waals surface area contributed by atoms with Gasteiger partial charge in [-0.2, -0.15) is 0 Å². The number of ether oxygens (including phenoxy) is 1. The van der Waals surface area contributed by atoms with Crippen LogP contribution in [0.15, 0.2) is 54.6 Å². The van der Waals surface area contributed by atoms with Gasteiger partial charge in [0.05, 0.1) is 6.10 Å². The lowest BCUT2D eigenvalue weighted by Gasteiger charge is -2.44. The average Bonchev–Trinajstić information content (AvgIpc) is 2.80. The Hall–Kier alpha value is -1.55. The molecule has 2 fully saturated rings. The summed E-state index contributed by atoms with van der Waals surface area (Å²) in [6.45, 7) is 11.1. The molecule has 4 heteroatoms. The zero-order valence-electron chi connectivity index (χ0n) is 19.1. The Morgan fingerprint density at radius 3 is 2.42 bits per heavy atom. The first-order chi connectivity index (χ1) is 15.0. The Morgan fingerprint density at radius 2 is 1.71 bits per heavy atom. The smallest absolute Gasteiger partial charge is 0.0603 e. The molecule has 2 aromatic carbocycles. The molecular weight excluding hydrogens is 404 g/mol. The molecule has 0 aromatic heterocycles. The van der Waals surface area contributed by atoms with Crippen LogP contribution in [0.2, 0.25) is 5.02 Å². The van der Waals surface area contributed by atoms with Crippen molar-refractivity contribution in [3.8, 4) is 0 Å². The van der Waals surface area contributed by atoms with Gasteiger partial charge in [-0.15, -0.1) is 0 Å². The topological polar surface area (TPSA) is 15.7 Å². The Morgan fingerprint density at radius 1 is 1.00 bits per heavy atom. The molecule has 0 radical (unpaired) electrons. The lowest BCUT2D eigenvalue weighted by molar-refractivity contribution is -0.0743. The van der Waals surface area contributed by atoms with Gasteiger partial charge in [0.15, 0.2) is 0 Å². The Kier molecular flexibility index (Phi) is 7.58. The van der Waals surface area contributed by atoms with Gasteiger partial charge in [0.2, 0.25) is 0 Å². The van der Waals surface area contributed by atoms with E-state index in [9.17, 15) is 0 Å². The molecule has 31 heavy (non-hydrogen) atoms. The quantitative estimate of drug-likeness (QED) is 0.531. The monoisotopic (exact) mass is 440 g/mol. The molecule has 0 unspecified atom stereocenters. The van der Waals surface area contributed by atoms with Crippen molar-refractivity contribution >= 4 is 17.3 Å². The average molecular weight is 441 g/mol. The molecule has 0 amide bonds. The highest BCUT2D eigenvalue weighted by Gasteiger charge is 2.38. The maximum atomic E-state index is 6.58. The summed E-state index contributed by atoms with van der Waals surface area (Å²) in [5.41, 5.74) is 2.92. The number of hydrogen-bond acceptors (Lipinski definition) is 3. The van der Waals surface area contributed by atoms with Gasteiger partial charge in [0, 0.05) is 43.5 Å². The van der Waals surface area contributed by atoms with Crippen LogP contribution in [0.1, 0.15) is 38.7 Å². The van der Waals surface area contributed by atoms with Crippen LogP contribution in [0.3, 0.4) is 0 Å². The van der Waals surface area contributed by atoms with Crippen molar-refractivity contribution in [1.82, 2.24) is 4.90 Å². The standard InChI is InChI=1S/C27H37ClN2O/c1-22(2)26-21-27(13-19-31-26,20-23-8-6-7-11-25(23)28)12-14-29-15-17-30(18-16-29)24-9-4-3-5-10-24/h3-11,22,26H,12-21H2,1-2H3/t26-,27+/m1/s1. The summed E-state index contributed by atoms with van der Waals surface area (Å²) in [6, 6.07) is 19.2. The molecule has 2 aromatic rings. The zero-order valence-corrected chi connectivity index (χ0v) is 19.9. The third kappa shape index (κ3) is 5.83. The second kappa shape index (κ2) is 10.4. The van der Waals surface area contributed by atoms with Crippen molar-refractivity contribution in [3.63, 3.8) is 0 Å². The summed E-state index contributed by atoms with van der Waals surface area (Å²) in [5.74, 6) is 0.556. The van der Waals surface area contributed by atoms with Crippen molar-refractivity contribution in [2.24, 2.45) is 11.3 Å². The zero-order chi connectivity index (χ0) is 21.7. The molecule has 2 aliphatic rings. The number of hydrogen-bond donors (Lipinski definition) is 0. The van der Waals surface area contributed by atoms with Gasteiger partial charge in [-0.25, -0.2) is 0 Å². The van der Waals surface area contributed by atoms with Crippen molar-refractivity contribution < 1.29 is 4.74 Å². The molecule has 0 saturated carbocycles. The van der Waals surface area contributed by atoms with Gasteiger partial charge in [0.25, 0.3) is 0 Å². The molecule has 2 saturated heterocycles. The van der Waals surface area contributed by atoms with E-state index in [4.69, 9.17) is 16.3 Å². The minimum Gasteiger partial charge on any atom is -0.378 e. The number of nitrogens with zero attached hydrogens (tertiary/aromatic N) is 2. The molecule has 0 bridgehead atoms. The van der Waals surface area contributed by atoms with E-state index >= 15 is 0 Å². The first-order valence-electron chi connectivity index (χ1n) is 11.9. The SMILES string of the molecule is CC(C)[C@H]1C[C@](CCN2CCN(c3ccccc3)CC2)(Cc2ccccc2Cl)CCO1. The van der Waals surface area contributed by atoms with Crippen LogP contribution < -0.4 is 4.90 Å². The highest BCUT2D eigenvalue weighted by Crippen LogP contribution is 2.43. The van der Waals surface area contributed by atoms with E-state index in [0.717, 1.165) is 63.6 Å². The molecule has 0 spiro atoms. The first-order valence-corrected chi connectivity index (χ1v) is 12.3. The number of rotatable bonds is 7. The first kappa shape index (κ1) is 22.6. The number of anilines is 1. The molecule has 4 rings (SSSR count). The van der Waals surface area contributed by atoms with Crippen molar-refractivity contribution in [3.05, 3.63) is 65.2 Å². The number of piperazine rings is 1. The van der Waals surface area contributed by atoms with Gasteiger partial charge < -0.3 is 9.64 Å². The summed E-state index contributed by atoms with van der Waals surface area (Å²) in [4.78, 5) is 5.17. The fourth-order valence-electron chi connectivity index (χ4n) is 5.23. The summed E-state index contributed by atoms with van der Waals surface area (Å²) in [7, 11) is 0. The Labute approximate surface area is 193 Å². The summed E-state index contributed by atoms with van der Waals surface area (Å²) in [6.07, 6.45) is 4.90. The highest BCUT2D eigenvalue weighted by molar-refractivity contribution is 6.31. The van der Waals surface area contributed by atoms with Crippen LogP contribution in [0.5, 0.6) is 0 Å². The van der Waals surface area contributed by atoms with E-state index in [1.54, 1.807) is 0 Å². The predicted octanol–water partition coefficient (Wildman–Crippen LogP) is 5.92. The lowest BCUT2D eigenvalue weighted by Crippen LogP contribution is -2.48. The number of para-hydroxylation sites is 1. The second-order valence-electron chi connectivity index (χ2n) is 9.79. The van der Waals surface area contributed by atoms with E-state index in [2.05, 4.69) is 66.1 Å². The fraction of sp³-hybridized carbons (Fsp3) is 0.556. The van der Waals surface area contributed by atoms with Gasteiger partial charge in [0.1, 0.15) is 0 Å². The van der Waals surface area contributed by atoms with Crippen LogP contribution in [0, 0.1) is 11.3 Å². The van der Waals surface area contributed by atoms with Crippen molar-refractivity contribution in [2.45, 2.75) is 45.6 Å². The van der Waals surface area contributed by atoms with E-state index in [-0.39, 0.29) is 5.41 Å². The molecule has 3 nitrogen and oxygen atoms in total. The summed E-state index contributed by atoms with van der Waals surface area (Å²) in [5, 5.41) is 0.908. The molecule has 0 N–H and O–H groups in total. The Bertz CT molecular complexity index is 819. The molecule has 2 atom stereocenters. The summed E-state index contributed by atoms with van der Waals surface area (Å²) < 4.78 is 6.16. The van der Waals surface area contributed by atoms with Gasteiger partial charge in [-0.1, -0.05) is 61.8 Å². The van der Waals surface area contributed by atoms with Gasteiger partial charge in [-0.05, 0) is 67.3 Å². The lowest BCUT2D eigenvalue weighted by atomic mass is 9.69. The molecule has 2 heterocycles. The normalized spacial score (nSPS) is 25.2. The maximum Gasteiger partial charge on any atom is 0.0603 e. The van der Waals surface area contributed by atoms with Crippen LogP contribution in [-0.2, 0) is 11.2 Å². The van der Waals surface area contributed by atoms with Crippen molar-refractivity contribution in [1.29, 1.82) is 0 Å². The fourth-order valence-corrected chi connectivity index (χ4v) is 5.43. The minimum absolute atomic E-state index is 0.273. The van der Waals surface area contributed by atoms with Crippen LogP contribution in [-0.4, -0.2) is 50.3 Å². The predicted molar refractivity (Wildman–Crippen MR) is 131 cm³/mol. The largest absolute Gasteiger partial charge is 0.378 e. The van der Waals surface area contributed by atoms with Crippen molar-refractivity contribution in [2.75, 3.05) is 44.2 Å². The van der Waals surface area contributed by atoms with Gasteiger partial charge in [-0.3, -0.25) is 4.90 Å². The molecule has 0 aliphatic carbocycles. The highest BCUT2D eigenvalue weighted by atomic mass is 35.5. The van der Waals surface area contributed by atoms with E-state index in [1.165, 1.54) is 17.7 Å². The number of benzene rings is 2.